The monoisotopic (exact) mass is 286 g/mol. The van der Waals surface area contributed by atoms with Gasteiger partial charge in [0.1, 0.15) is 0 Å². The quantitative estimate of drug-likeness (QED) is 0.373. The van der Waals surface area contributed by atoms with Crippen molar-refractivity contribution in [2.24, 2.45) is 0 Å². The Morgan fingerprint density at radius 3 is 1.31 bits per heavy atom. The Balaban J connectivity index is -0.000000125. The van der Waals surface area contributed by atoms with Gasteiger partial charge in [0.15, 0.2) is 0 Å². The van der Waals surface area contributed by atoms with Crippen molar-refractivity contribution in [1.82, 2.24) is 0 Å². The van der Waals surface area contributed by atoms with E-state index < -0.39 is 0 Å². The van der Waals surface area contributed by atoms with E-state index in [-0.39, 0.29) is 49.6 Å². The van der Waals surface area contributed by atoms with Gasteiger partial charge in [-0.1, -0.05) is 0 Å². The maximum Gasteiger partial charge on any atom is 3.00 e. The predicted octanol–water partition coefficient (Wildman–Crippen LogP) is -1.57. The first-order chi connectivity index (χ1) is 5.00. The molecule has 2 radical (unpaired) electrons. The van der Waals surface area contributed by atoms with E-state index in [1.807, 2.05) is 24.3 Å². The first-order valence-electron chi connectivity index (χ1n) is 3.43. The van der Waals surface area contributed by atoms with E-state index in [9.17, 15) is 0 Å². The van der Waals surface area contributed by atoms with Crippen LogP contribution < -0.4 is 12.4 Å². The summed E-state index contributed by atoms with van der Waals surface area (Å²) in [5.41, 5.74) is 0. The van der Waals surface area contributed by atoms with Gasteiger partial charge in [-0.3, -0.25) is 12.2 Å². The molecular formula is C10H13ClSiZr. The van der Waals surface area contributed by atoms with E-state index >= 15 is 0 Å². The molecule has 0 saturated carbocycles. The molecule has 68 valence electrons. The third-order valence-corrected chi connectivity index (χ3v) is 1.17. The molecule has 0 aromatic heterocycles. The van der Waals surface area contributed by atoms with Gasteiger partial charge in [0.2, 0.25) is 0 Å². The summed E-state index contributed by atoms with van der Waals surface area (Å²) in [6.45, 7) is 0. The molecule has 0 fully saturated rings. The average molecular weight is 288 g/mol. The smallest absolute Gasteiger partial charge is 1.00 e. The molecule has 0 unspecified atom stereocenters. The van der Waals surface area contributed by atoms with Gasteiger partial charge in [-0.05, 0) is 11.0 Å². The van der Waals surface area contributed by atoms with Crippen LogP contribution in [0, 0.1) is 12.2 Å². The summed E-state index contributed by atoms with van der Waals surface area (Å²) in [5, 5.41) is 0. The van der Waals surface area contributed by atoms with Crippen molar-refractivity contribution < 1.29 is 38.6 Å². The number of rotatable bonds is 0. The van der Waals surface area contributed by atoms with E-state index in [0.717, 1.165) is 12.8 Å². The molecule has 13 heavy (non-hydrogen) atoms. The average Bonchev–Trinajstić information content (AvgIpc) is 2.67. The molecule has 0 aliphatic heterocycles. The second kappa shape index (κ2) is 14.9. The van der Waals surface area contributed by atoms with Crippen molar-refractivity contribution in [1.29, 1.82) is 0 Å². The fourth-order valence-electron chi connectivity index (χ4n) is 0.680. The molecule has 3 heteroatoms. The molecule has 0 spiro atoms. The molecule has 0 atom stereocenters. The third kappa shape index (κ3) is 12.4. The molecule has 0 aromatic rings. The standard InChI is InChI=1S/2C5H5.ClH.H3Si.Zr/c2*1-2-4-5-3-1;;;/h2*1-3H,4H2;1H;1H3;/q2*-1;;;+3/p-1. The fraction of sp³-hybridized carbons (Fsp3) is 0.200. The van der Waals surface area contributed by atoms with Gasteiger partial charge < -0.3 is 12.4 Å². The summed E-state index contributed by atoms with van der Waals surface area (Å²) in [5.74, 6) is 0. The Morgan fingerprint density at radius 1 is 0.846 bits per heavy atom. The molecule has 0 aromatic carbocycles. The van der Waals surface area contributed by atoms with E-state index in [1.54, 1.807) is 0 Å². The van der Waals surface area contributed by atoms with Crippen molar-refractivity contribution in [3.05, 3.63) is 48.6 Å². The van der Waals surface area contributed by atoms with Crippen LogP contribution >= 0.6 is 0 Å². The Hall–Kier alpha value is 0.350. The van der Waals surface area contributed by atoms with Gasteiger partial charge in [-0.2, -0.15) is 12.2 Å². The van der Waals surface area contributed by atoms with Crippen LogP contribution in [0.2, 0.25) is 0 Å². The number of halogens is 1. The number of hydrogen-bond donors (Lipinski definition) is 0. The van der Waals surface area contributed by atoms with Crippen LogP contribution in [-0.2, 0) is 26.2 Å². The normalized spacial score (nSPS) is 13.5. The minimum absolute atomic E-state index is 0. The van der Waals surface area contributed by atoms with Gasteiger partial charge in [0, 0.05) is 0 Å². The van der Waals surface area contributed by atoms with E-state index in [0.29, 0.717) is 0 Å². The maximum atomic E-state index is 2.99. The second-order valence-electron chi connectivity index (χ2n) is 2.01. The first kappa shape index (κ1) is 19.0. The van der Waals surface area contributed by atoms with Gasteiger partial charge in [0.25, 0.3) is 0 Å². The van der Waals surface area contributed by atoms with Gasteiger partial charge in [0.05, 0.1) is 0 Å². The zero-order valence-corrected chi connectivity index (χ0v) is 13.0. The first-order valence-corrected chi connectivity index (χ1v) is 3.43. The van der Waals surface area contributed by atoms with Crippen LogP contribution in [0.4, 0.5) is 0 Å². The molecule has 0 bridgehead atoms. The molecule has 0 N–H and O–H groups in total. The Kier molecular flexibility index (Phi) is 21.7. The van der Waals surface area contributed by atoms with Gasteiger partial charge >= 0.3 is 26.2 Å². The summed E-state index contributed by atoms with van der Waals surface area (Å²) < 4.78 is 0. The Labute approximate surface area is 110 Å². The van der Waals surface area contributed by atoms with Crippen molar-refractivity contribution in [3.8, 4) is 0 Å². The fourth-order valence-corrected chi connectivity index (χ4v) is 0.680. The summed E-state index contributed by atoms with van der Waals surface area (Å²) >= 11 is 0. The number of allylic oxidation sites excluding steroid dienone is 8. The van der Waals surface area contributed by atoms with Gasteiger partial charge in [-0.15, -0.1) is 12.8 Å². The van der Waals surface area contributed by atoms with Crippen LogP contribution in [0.25, 0.3) is 0 Å². The van der Waals surface area contributed by atoms with Crippen molar-refractivity contribution in [3.63, 3.8) is 0 Å². The minimum Gasteiger partial charge on any atom is -1.00 e. The van der Waals surface area contributed by atoms with Crippen LogP contribution in [0.1, 0.15) is 12.8 Å². The molecule has 0 heterocycles. The summed E-state index contributed by atoms with van der Waals surface area (Å²) in [6.07, 6.45) is 20.0. The molecule has 0 saturated heterocycles. The van der Waals surface area contributed by atoms with Crippen molar-refractivity contribution in [2.75, 3.05) is 0 Å². The van der Waals surface area contributed by atoms with Crippen LogP contribution in [0.3, 0.4) is 0 Å². The zero-order chi connectivity index (χ0) is 7.07. The zero-order valence-electron chi connectivity index (χ0n) is 7.76. The Bertz CT molecular complexity index is 153. The van der Waals surface area contributed by atoms with E-state index in [2.05, 4.69) is 24.3 Å². The van der Waals surface area contributed by atoms with E-state index in [4.69, 9.17) is 0 Å². The summed E-state index contributed by atoms with van der Waals surface area (Å²) in [6, 6.07) is 0. The van der Waals surface area contributed by atoms with Crippen LogP contribution in [-0.4, -0.2) is 11.0 Å². The SMILES string of the molecule is [C-]1=CC=CC1.[C-]1=CC=CC1.[Cl-].[SiH3].[Zr+3]. The Morgan fingerprint density at radius 2 is 1.23 bits per heavy atom. The topological polar surface area (TPSA) is 0 Å². The van der Waals surface area contributed by atoms with E-state index in [1.165, 1.54) is 0 Å². The van der Waals surface area contributed by atoms with Gasteiger partial charge in [-0.25, -0.2) is 24.3 Å². The van der Waals surface area contributed by atoms with Crippen molar-refractivity contribution >= 4 is 11.0 Å². The molecule has 2 rings (SSSR count). The van der Waals surface area contributed by atoms with Crippen LogP contribution in [0.15, 0.2) is 36.5 Å². The molecule has 0 nitrogen and oxygen atoms in total. The molecular weight excluding hydrogens is 275 g/mol. The van der Waals surface area contributed by atoms with Crippen molar-refractivity contribution in [2.45, 2.75) is 12.8 Å². The molecule has 2 aliphatic rings. The minimum atomic E-state index is 0. The summed E-state index contributed by atoms with van der Waals surface area (Å²) in [7, 11) is 0. The third-order valence-electron chi connectivity index (χ3n) is 1.17. The second-order valence-corrected chi connectivity index (χ2v) is 2.01. The summed E-state index contributed by atoms with van der Waals surface area (Å²) in [4.78, 5) is 0. The number of hydrogen-bond acceptors (Lipinski definition) is 0. The largest absolute Gasteiger partial charge is 3.00 e. The molecule has 2 aliphatic carbocycles. The maximum absolute atomic E-state index is 2.99. The molecule has 0 amide bonds. The predicted molar refractivity (Wildman–Crippen MR) is 53.1 cm³/mol. The van der Waals surface area contributed by atoms with Crippen LogP contribution in [0.5, 0.6) is 0 Å².